The largest absolute Gasteiger partial charge is 0.484 e. The molecule has 1 N–H and O–H groups in total. The molecule has 0 radical (unpaired) electrons. The number of para-hydroxylation sites is 1. The molecule has 1 saturated heterocycles. The van der Waals surface area contributed by atoms with Gasteiger partial charge < -0.3 is 15.0 Å². The summed E-state index contributed by atoms with van der Waals surface area (Å²) in [5.41, 5.74) is 2.41. The van der Waals surface area contributed by atoms with Crippen molar-refractivity contribution in [3.05, 3.63) is 60.2 Å². The zero-order valence-corrected chi connectivity index (χ0v) is 15.4. The number of piperazine rings is 1. The molecule has 0 spiro atoms. The van der Waals surface area contributed by atoms with E-state index in [9.17, 15) is 4.79 Å². The maximum Gasteiger partial charge on any atom is 0.257 e. The Morgan fingerprint density at radius 2 is 1.81 bits per heavy atom. The van der Waals surface area contributed by atoms with Gasteiger partial charge in [0.2, 0.25) is 0 Å². The highest BCUT2D eigenvalue weighted by Crippen LogP contribution is 2.15. The highest BCUT2D eigenvalue weighted by molar-refractivity contribution is 5.77. The summed E-state index contributed by atoms with van der Waals surface area (Å²) in [5.74, 6) is 0.659. The summed E-state index contributed by atoms with van der Waals surface area (Å²) in [7, 11) is 0. The summed E-state index contributed by atoms with van der Waals surface area (Å²) < 4.78 is 5.52. The van der Waals surface area contributed by atoms with E-state index in [0.717, 1.165) is 44.0 Å². The number of nitrogens with one attached hydrogen (secondary N) is 1. The van der Waals surface area contributed by atoms with Gasteiger partial charge in [0, 0.05) is 45.0 Å². The van der Waals surface area contributed by atoms with Crippen LogP contribution in [0.1, 0.15) is 5.56 Å². The number of carbonyl (C=O) groups excluding carboxylic acids is 1. The molecule has 1 fully saturated rings. The highest BCUT2D eigenvalue weighted by Gasteiger charge is 2.16. The van der Waals surface area contributed by atoms with Gasteiger partial charge in [-0.1, -0.05) is 30.3 Å². The molecule has 1 amide bonds. The van der Waals surface area contributed by atoms with E-state index >= 15 is 0 Å². The van der Waals surface area contributed by atoms with Crippen LogP contribution >= 0.6 is 0 Å². The third kappa shape index (κ3) is 5.49. The lowest BCUT2D eigenvalue weighted by molar-refractivity contribution is -0.123. The Morgan fingerprint density at radius 3 is 2.54 bits per heavy atom. The smallest absolute Gasteiger partial charge is 0.257 e. The van der Waals surface area contributed by atoms with Gasteiger partial charge in [0.1, 0.15) is 5.75 Å². The number of hydrogen-bond acceptors (Lipinski definition) is 4. The number of amides is 1. The van der Waals surface area contributed by atoms with Crippen molar-refractivity contribution in [1.29, 1.82) is 0 Å². The summed E-state index contributed by atoms with van der Waals surface area (Å²) in [6.45, 7) is 7.67. The minimum atomic E-state index is -0.0746. The van der Waals surface area contributed by atoms with Crippen LogP contribution in [0, 0.1) is 6.92 Å². The second kappa shape index (κ2) is 9.25. The number of ether oxygens (including phenoxy) is 1. The lowest BCUT2D eigenvalue weighted by Crippen LogP contribution is -2.48. The van der Waals surface area contributed by atoms with Crippen molar-refractivity contribution in [2.24, 2.45) is 0 Å². The quantitative estimate of drug-likeness (QED) is 0.830. The lowest BCUT2D eigenvalue weighted by atomic mass is 10.2. The predicted molar refractivity (Wildman–Crippen MR) is 105 cm³/mol. The normalized spacial score (nSPS) is 14.9. The maximum atomic E-state index is 11.9. The van der Waals surface area contributed by atoms with Crippen molar-refractivity contribution < 1.29 is 9.53 Å². The molecule has 0 bridgehead atoms. The van der Waals surface area contributed by atoms with E-state index < -0.39 is 0 Å². The molecule has 138 valence electrons. The van der Waals surface area contributed by atoms with Crippen molar-refractivity contribution in [2.75, 3.05) is 50.8 Å². The van der Waals surface area contributed by atoms with Gasteiger partial charge in [-0.15, -0.1) is 0 Å². The van der Waals surface area contributed by atoms with Crippen LogP contribution in [0.15, 0.2) is 54.6 Å². The van der Waals surface area contributed by atoms with Crippen molar-refractivity contribution in [3.63, 3.8) is 0 Å². The van der Waals surface area contributed by atoms with Crippen molar-refractivity contribution in [3.8, 4) is 5.75 Å². The van der Waals surface area contributed by atoms with Crippen LogP contribution in [-0.2, 0) is 4.79 Å². The minimum absolute atomic E-state index is 0.0608. The van der Waals surface area contributed by atoms with Gasteiger partial charge >= 0.3 is 0 Å². The van der Waals surface area contributed by atoms with Crippen molar-refractivity contribution in [2.45, 2.75) is 6.92 Å². The number of rotatable bonds is 7. The molecule has 0 aliphatic carbocycles. The number of anilines is 1. The highest BCUT2D eigenvalue weighted by atomic mass is 16.5. The standard InChI is InChI=1S/C21H27N3O2/c1-18-6-5-9-20(16-18)26-17-21(25)22-10-11-23-12-14-24(15-13-23)19-7-3-2-4-8-19/h2-9,16H,10-15,17H2,1H3,(H,22,25). The Kier molecular flexibility index (Phi) is 6.50. The minimum Gasteiger partial charge on any atom is -0.484 e. The molecule has 5 nitrogen and oxygen atoms in total. The van der Waals surface area contributed by atoms with E-state index in [1.54, 1.807) is 0 Å². The molecule has 1 aliphatic heterocycles. The third-order valence-electron chi connectivity index (χ3n) is 4.60. The van der Waals surface area contributed by atoms with Gasteiger partial charge in [0.25, 0.3) is 5.91 Å². The molecule has 1 aliphatic rings. The lowest BCUT2D eigenvalue weighted by Gasteiger charge is -2.36. The number of aryl methyl sites for hydroxylation is 1. The first-order valence-corrected chi connectivity index (χ1v) is 9.19. The molecule has 3 rings (SSSR count). The summed E-state index contributed by atoms with van der Waals surface area (Å²) in [4.78, 5) is 16.7. The van der Waals surface area contributed by atoms with Crippen LogP contribution in [0.25, 0.3) is 0 Å². The summed E-state index contributed by atoms with van der Waals surface area (Å²) >= 11 is 0. The number of benzene rings is 2. The van der Waals surface area contributed by atoms with Gasteiger partial charge in [-0.25, -0.2) is 0 Å². The predicted octanol–water partition coefficient (Wildman–Crippen LogP) is 2.31. The van der Waals surface area contributed by atoms with Crippen molar-refractivity contribution in [1.82, 2.24) is 10.2 Å². The van der Waals surface area contributed by atoms with Crippen LogP contribution in [0.4, 0.5) is 5.69 Å². The SMILES string of the molecule is Cc1cccc(OCC(=O)NCCN2CCN(c3ccccc3)CC2)c1. The Morgan fingerprint density at radius 1 is 1.04 bits per heavy atom. The first-order chi connectivity index (χ1) is 12.7. The molecule has 2 aromatic rings. The third-order valence-corrected chi connectivity index (χ3v) is 4.60. The molecule has 0 atom stereocenters. The first kappa shape index (κ1) is 18.3. The summed E-state index contributed by atoms with van der Waals surface area (Å²) in [5, 5.41) is 2.94. The number of carbonyl (C=O) groups is 1. The number of hydrogen-bond donors (Lipinski definition) is 1. The van der Waals surface area contributed by atoms with Gasteiger partial charge in [-0.2, -0.15) is 0 Å². The van der Waals surface area contributed by atoms with E-state index in [0.29, 0.717) is 6.54 Å². The fourth-order valence-corrected chi connectivity index (χ4v) is 3.13. The van der Waals surface area contributed by atoms with Gasteiger partial charge in [-0.3, -0.25) is 9.69 Å². The molecule has 2 aromatic carbocycles. The van der Waals surface area contributed by atoms with Gasteiger partial charge in [-0.05, 0) is 36.8 Å². The summed E-state index contributed by atoms with van der Waals surface area (Å²) in [6.07, 6.45) is 0. The van der Waals surface area contributed by atoms with E-state index in [-0.39, 0.29) is 12.5 Å². The molecule has 26 heavy (non-hydrogen) atoms. The fraction of sp³-hybridized carbons (Fsp3) is 0.381. The van der Waals surface area contributed by atoms with Crippen LogP contribution in [0.3, 0.4) is 0 Å². The maximum absolute atomic E-state index is 11.9. The van der Waals surface area contributed by atoms with E-state index in [4.69, 9.17) is 4.74 Å². The van der Waals surface area contributed by atoms with Gasteiger partial charge in [0.05, 0.1) is 0 Å². The molecular formula is C21H27N3O2. The van der Waals surface area contributed by atoms with Crippen LogP contribution in [0.5, 0.6) is 5.75 Å². The van der Waals surface area contributed by atoms with Crippen LogP contribution < -0.4 is 15.0 Å². The second-order valence-corrected chi connectivity index (χ2v) is 6.62. The van der Waals surface area contributed by atoms with E-state index in [2.05, 4.69) is 39.4 Å². The molecule has 1 heterocycles. The van der Waals surface area contributed by atoms with Crippen molar-refractivity contribution >= 4 is 11.6 Å². The zero-order chi connectivity index (χ0) is 18.2. The average Bonchev–Trinajstić information content (AvgIpc) is 2.68. The monoisotopic (exact) mass is 353 g/mol. The Bertz CT molecular complexity index is 697. The topological polar surface area (TPSA) is 44.8 Å². The van der Waals surface area contributed by atoms with Crippen LogP contribution in [0.2, 0.25) is 0 Å². The first-order valence-electron chi connectivity index (χ1n) is 9.19. The van der Waals surface area contributed by atoms with Crippen LogP contribution in [-0.4, -0.2) is 56.7 Å². The Balaban J connectivity index is 1.31. The number of nitrogens with zero attached hydrogens (tertiary/aromatic N) is 2. The molecular weight excluding hydrogens is 326 g/mol. The fourth-order valence-electron chi connectivity index (χ4n) is 3.13. The second-order valence-electron chi connectivity index (χ2n) is 6.62. The Labute approximate surface area is 155 Å². The molecule has 0 saturated carbocycles. The van der Waals surface area contributed by atoms with Gasteiger partial charge in [0.15, 0.2) is 6.61 Å². The van der Waals surface area contributed by atoms with E-state index in [1.807, 2.05) is 37.3 Å². The molecule has 5 heteroatoms. The zero-order valence-electron chi connectivity index (χ0n) is 15.4. The summed E-state index contributed by atoms with van der Waals surface area (Å²) in [6, 6.07) is 18.2. The molecule has 0 aromatic heterocycles. The van der Waals surface area contributed by atoms with E-state index in [1.165, 1.54) is 5.69 Å². The average molecular weight is 353 g/mol. The molecule has 0 unspecified atom stereocenters. The Hall–Kier alpha value is -2.53.